The molecule has 0 aromatic heterocycles. The van der Waals surface area contributed by atoms with Gasteiger partial charge in [0.1, 0.15) is 18.8 Å². The normalized spacial score (nSPS) is 15.7. The van der Waals surface area contributed by atoms with Gasteiger partial charge in [-0.3, -0.25) is 4.79 Å². The van der Waals surface area contributed by atoms with Crippen LogP contribution in [-0.2, 0) is 4.74 Å². The Morgan fingerprint density at radius 3 is 2.86 bits per heavy atom. The first-order valence-corrected chi connectivity index (χ1v) is 7.72. The van der Waals surface area contributed by atoms with Crippen molar-refractivity contribution in [2.45, 2.75) is 13.3 Å². The molecular formula is C16H25N2O3+. The molecule has 2 N–H and O–H groups in total. The summed E-state index contributed by atoms with van der Waals surface area (Å²) in [4.78, 5) is 13.7. The van der Waals surface area contributed by atoms with Gasteiger partial charge in [-0.2, -0.15) is 0 Å². The fraction of sp³-hybridized carbons (Fsp3) is 0.562. The minimum atomic E-state index is -0.0592. The van der Waals surface area contributed by atoms with Gasteiger partial charge in [0, 0.05) is 13.0 Å². The Morgan fingerprint density at radius 1 is 1.33 bits per heavy atom. The van der Waals surface area contributed by atoms with Gasteiger partial charge in [-0.15, -0.1) is 0 Å². The second-order valence-electron chi connectivity index (χ2n) is 5.15. The topological polar surface area (TPSA) is 52.0 Å². The van der Waals surface area contributed by atoms with Crippen molar-refractivity contribution in [2.75, 3.05) is 46.0 Å². The SMILES string of the molecule is CCOc1ccccc1C(=O)NCCC[NH+]1CCOCC1. The number of para-hydroxylation sites is 1. The average molecular weight is 293 g/mol. The van der Waals surface area contributed by atoms with E-state index in [9.17, 15) is 4.79 Å². The van der Waals surface area contributed by atoms with Gasteiger partial charge in [-0.1, -0.05) is 12.1 Å². The zero-order valence-electron chi connectivity index (χ0n) is 12.7. The average Bonchev–Trinajstić information content (AvgIpc) is 2.53. The molecule has 1 fully saturated rings. The minimum absolute atomic E-state index is 0.0592. The van der Waals surface area contributed by atoms with E-state index in [2.05, 4.69) is 5.32 Å². The fourth-order valence-corrected chi connectivity index (χ4v) is 2.48. The molecule has 0 saturated carbocycles. The van der Waals surface area contributed by atoms with E-state index in [1.54, 1.807) is 11.0 Å². The highest BCUT2D eigenvalue weighted by Gasteiger charge is 2.14. The maximum Gasteiger partial charge on any atom is 0.255 e. The van der Waals surface area contributed by atoms with Crippen LogP contribution in [0, 0.1) is 0 Å². The number of morpholine rings is 1. The molecule has 21 heavy (non-hydrogen) atoms. The fourth-order valence-electron chi connectivity index (χ4n) is 2.48. The van der Waals surface area contributed by atoms with Crippen molar-refractivity contribution < 1.29 is 19.2 Å². The molecule has 0 atom stereocenters. The lowest BCUT2D eigenvalue weighted by Gasteiger charge is -2.23. The Labute approximate surface area is 126 Å². The smallest absolute Gasteiger partial charge is 0.255 e. The molecule has 5 heteroatoms. The monoisotopic (exact) mass is 293 g/mol. The number of ether oxygens (including phenoxy) is 2. The molecule has 0 spiro atoms. The molecule has 1 saturated heterocycles. The van der Waals surface area contributed by atoms with Crippen molar-refractivity contribution >= 4 is 5.91 Å². The lowest BCUT2D eigenvalue weighted by molar-refractivity contribution is -0.908. The predicted molar refractivity (Wildman–Crippen MR) is 80.9 cm³/mol. The Balaban J connectivity index is 1.74. The second-order valence-corrected chi connectivity index (χ2v) is 5.15. The minimum Gasteiger partial charge on any atom is -0.493 e. The molecule has 0 unspecified atom stereocenters. The number of carbonyl (C=O) groups is 1. The van der Waals surface area contributed by atoms with Gasteiger partial charge in [0.15, 0.2) is 0 Å². The highest BCUT2D eigenvalue weighted by molar-refractivity contribution is 5.96. The van der Waals surface area contributed by atoms with Crippen molar-refractivity contribution in [3.05, 3.63) is 29.8 Å². The summed E-state index contributed by atoms with van der Waals surface area (Å²) in [5.41, 5.74) is 0.609. The van der Waals surface area contributed by atoms with E-state index in [0.29, 0.717) is 24.5 Å². The summed E-state index contributed by atoms with van der Waals surface area (Å²) in [6.45, 7) is 8.10. The van der Waals surface area contributed by atoms with E-state index in [-0.39, 0.29) is 5.91 Å². The van der Waals surface area contributed by atoms with Crippen molar-refractivity contribution in [2.24, 2.45) is 0 Å². The molecule has 1 heterocycles. The summed E-state index contributed by atoms with van der Waals surface area (Å²) in [6.07, 6.45) is 0.984. The zero-order valence-corrected chi connectivity index (χ0v) is 12.7. The van der Waals surface area contributed by atoms with E-state index in [0.717, 1.165) is 39.3 Å². The Kier molecular flexibility index (Phi) is 6.50. The molecule has 5 nitrogen and oxygen atoms in total. The van der Waals surface area contributed by atoms with Crippen LogP contribution in [0.5, 0.6) is 5.75 Å². The molecule has 1 aliphatic heterocycles. The van der Waals surface area contributed by atoms with Gasteiger partial charge in [-0.25, -0.2) is 0 Å². The maximum absolute atomic E-state index is 12.2. The molecule has 2 rings (SSSR count). The number of quaternary nitrogens is 1. The molecule has 1 aliphatic rings. The third kappa shape index (κ3) is 5.02. The summed E-state index contributed by atoms with van der Waals surface area (Å²) in [5, 5.41) is 2.97. The second kappa shape index (κ2) is 8.64. The van der Waals surface area contributed by atoms with E-state index in [1.165, 1.54) is 0 Å². The first kappa shape index (κ1) is 15.8. The molecule has 1 aromatic rings. The summed E-state index contributed by atoms with van der Waals surface area (Å²) in [5.74, 6) is 0.590. The Hall–Kier alpha value is -1.59. The van der Waals surface area contributed by atoms with Crippen LogP contribution in [0.25, 0.3) is 0 Å². The highest BCUT2D eigenvalue weighted by atomic mass is 16.5. The third-order valence-corrected chi connectivity index (χ3v) is 3.62. The van der Waals surface area contributed by atoms with Crippen molar-refractivity contribution in [1.82, 2.24) is 5.32 Å². The van der Waals surface area contributed by atoms with Crippen molar-refractivity contribution in [3.63, 3.8) is 0 Å². The maximum atomic E-state index is 12.2. The van der Waals surface area contributed by atoms with Gasteiger partial charge in [0.2, 0.25) is 0 Å². The summed E-state index contributed by atoms with van der Waals surface area (Å²) in [6, 6.07) is 7.36. The molecule has 1 amide bonds. The van der Waals surface area contributed by atoms with Crippen molar-refractivity contribution in [3.8, 4) is 5.75 Å². The first-order chi connectivity index (χ1) is 10.3. The van der Waals surface area contributed by atoms with Crippen LogP contribution in [0.15, 0.2) is 24.3 Å². The quantitative estimate of drug-likeness (QED) is 0.702. The van der Waals surface area contributed by atoms with Gasteiger partial charge < -0.3 is 19.7 Å². The molecular weight excluding hydrogens is 268 g/mol. The first-order valence-electron chi connectivity index (χ1n) is 7.72. The number of carbonyl (C=O) groups excluding carboxylic acids is 1. The standard InChI is InChI=1S/C16H24N2O3/c1-2-21-15-7-4-3-6-14(15)16(19)17-8-5-9-18-10-12-20-13-11-18/h3-4,6-7H,2,5,8-13H2,1H3,(H,17,19)/p+1. The van der Waals surface area contributed by atoms with Crippen LogP contribution >= 0.6 is 0 Å². The summed E-state index contributed by atoms with van der Waals surface area (Å²) < 4.78 is 10.8. The predicted octanol–water partition coefficient (Wildman–Crippen LogP) is 0.120. The lowest BCUT2D eigenvalue weighted by Crippen LogP contribution is -3.14. The molecule has 1 aromatic carbocycles. The van der Waals surface area contributed by atoms with Crippen LogP contribution in [0.4, 0.5) is 0 Å². The van der Waals surface area contributed by atoms with Crippen LogP contribution in [-0.4, -0.2) is 51.9 Å². The van der Waals surface area contributed by atoms with Crippen LogP contribution in [0.1, 0.15) is 23.7 Å². The van der Waals surface area contributed by atoms with Gasteiger partial charge in [0.25, 0.3) is 5.91 Å². The summed E-state index contributed by atoms with van der Waals surface area (Å²) >= 11 is 0. The van der Waals surface area contributed by atoms with E-state index in [4.69, 9.17) is 9.47 Å². The third-order valence-electron chi connectivity index (χ3n) is 3.62. The largest absolute Gasteiger partial charge is 0.493 e. The molecule has 0 bridgehead atoms. The number of hydrogen-bond acceptors (Lipinski definition) is 3. The number of hydrogen-bond donors (Lipinski definition) is 2. The van der Waals surface area contributed by atoms with Gasteiger partial charge in [-0.05, 0) is 19.1 Å². The highest BCUT2D eigenvalue weighted by Crippen LogP contribution is 2.17. The van der Waals surface area contributed by atoms with E-state index in [1.807, 2.05) is 25.1 Å². The molecule has 116 valence electrons. The van der Waals surface area contributed by atoms with E-state index >= 15 is 0 Å². The number of benzene rings is 1. The van der Waals surface area contributed by atoms with Gasteiger partial charge >= 0.3 is 0 Å². The molecule has 0 radical (unpaired) electrons. The zero-order chi connectivity index (χ0) is 14.9. The number of nitrogens with one attached hydrogen (secondary N) is 2. The Bertz CT molecular complexity index is 445. The van der Waals surface area contributed by atoms with E-state index < -0.39 is 0 Å². The van der Waals surface area contributed by atoms with Crippen LogP contribution < -0.4 is 15.0 Å². The van der Waals surface area contributed by atoms with Gasteiger partial charge in [0.05, 0.1) is 31.9 Å². The number of amides is 1. The Morgan fingerprint density at radius 2 is 2.10 bits per heavy atom. The lowest BCUT2D eigenvalue weighted by atomic mass is 10.2. The number of rotatable bonds is 7. The summed E-state index contributed by atoms with van der Waals surface area (Å²) in [7, 11) is 0. The van der Waals surface area contributed by atoms with Crippen molar-refractivity contribution in [1.29, 1.82) is 0 Å². The van der Waals surface area contributed by atoms with Crippen LogP contribution in [0.2, 0.25) is 0 Å². The molecule has 0 aliphatic carbocycles. The van der Waals surface area contributed by atoms with Crippen LogP contribution in [0.3, 0.4) is 0 Å².